The molecule has 156 valence electrons. The second-order valence-corrected chi connectivity index (χ2v) is 8.61. The summed E-state index contributed by atoms with van der Waals surface area (Å²) < 4.78 is 32.0. The Morgan fingerprint density at radius 2 is 1.62 bits per heavy atom. The number of sulfonamides is 1. The maximum Gasteiger partial charge on any atom is 0.248 e. The van der Waals surface area contributed by atoms with Gasteiger partial charge in [0.2, 0.25) is 15.9 Å². The zero-order valence-electron chi connectivity index (χ0n) is 17.3. The quantitative estimate of drug-likeness (QED) is 0.623. The Hall–Kier alpha value is -2.64. The van der Waals surface area contributed by atoms with Gasteiger partial charge in [-0.15, -0.1) is 0 Å². The van der Waals surface area contributed by atoms with E-state index in [1.807, 2.05) is 27.7 Å². The van der Waals surface area contributed by atoms with E-state index in [2.05, 4.69) is 5.32 Å². The maximum absolute atomic E-state index is 12.5. The molecule has 2 rings (SSSR count). The fourth-order valence-electron chi connectivity index (χ4n) is 2.71. The molecule has 0 aliphatic rings. The number of nitrogens with zero attached hydrogens (tertiary/aromatic N) is 1. The van der Waals surface area contributed by atoms with Gasteiger partial charge in [-0.1, -0.05) is 26.0 Å². The van der Waals surface area contributed by atoms with Crippen LogP contribution in [-0.4, -0.2) is 37.8 Å². The van der Waals surface area contributed by atoms with E-state index in [0.717, 1.165) is 11.3 Å². The van der Waals surface area contributed by atoms with Crippen LogP contribution >= 0.6 is 0 Å². The minimum absolute atomic E-state index is 0.0896. The number of rotatable bonds is 9. The molecule has 0 aliphatic heterocycles. The van der Waals surface area contributed by atoms with Crippen molar-refractivity contribution in [1.82, 2.24) is 4.31 Å². The van der Waals surface area contributed by atoms with Gasteiger partial charge in [0.25, 0.3) is 0 Å². The molecule has 0 aromatic heterocycles. The Bertz CT molecular complexity index is 930. The molecule has 1 N–H and O–H groups in total. The van der Waals surface area contributed by atoms with Crippen molar-refractivity contribution in [2.75, 3.05) is 18.4 Å². The lowest BCUT2D eigenvalue weighted by Gasteiger charge is -2.18. The Morgan fingerprint density at radius 1 is 1.03 bits per heavy atom. The van der Waals surface area contributed by atoms with Crippen LogP contribution in [0.2, 0.25) is 0 Å². The summed E-state index contributed by atoms with van der Waals surface area (Å²) in [5.41, 5.74) is 1.40. The minimum atomic E-state index is -3.48. The molecular formula is C22H28N2O4S. The van der Waals surface area contributed by atoms with Crippen molar-refractivity contribution >= 4 is 27.7 Å². The zero-order valence-corrected chi connectivity index (χ0v) is 18.1. The molecule has 0 radical (unpaired) electrons. The summed E-state index contributed by atoms with van der Waals surface area (Å²) in [7, 11) is -3.48. The van der Waals surface area contributed by atoms with Crippen LogP contribution in [0.4, 0.5) is 5.69 Å². The Labute approximate surface area is 173 Å². The number of hydrogen-bond acceptors (Lipinski definition) is 4. The number of hydrogen-bond donors (Lipinski definition) is 1. The first-order valence-corrected chi connectivity index (χ1v) is 11.1. The molecule has 0 heterocycles. The maximum atomic E-state index is 12.5. The SMILES string of the molecule is CCN(CC)S(=O)(=O)c1ccc(C=CC(=O)Nc2ccc(OC(C)C)cc2)cc1. The highest BCUT2D eigenvalue weighted by Crippen LogP contribution is 2.18. The Balaban J connectivity index is 2.00. The number of ether oxygens (including phenoxy) is 1. The van der Waals surface area contributed by atoms with E-state index in [9.17, 15) is 13.2 Å². The third kappa shape index (κ3) is 6.44. The normalized spacial score (nSPS) is 11.9. The van der Waals surface area contributed by atoms with Gasteiger partial charge in [0.05, 0.1) is 11.0 Å². The third-order valence-electron chi connectivity index (χ3n) is 4.14. The Morgan fingerprint density at radius 3 is 2.14 bits per heavy atom. The molecule has 29 heavy (non-hydrogen) atoms. The van der Waals surface area contributed by atoms with Crippen LogP contribution < -0.4 is 10.1 Å². The molecule has 0 spiro atoms. The van der Waals surface area contributed by atoms with Gasteiger partial charge < -0.3 is 10.1 Å². The van der Waals surface area contributed by atoms with Gasteiger partial charge in [0.1, 0.15) is 5.75 Å². The summed E-state index contributed by atoms with van der Waals surface area (Å²) in [5, 5.41) is 2.77. The minimum Gasteiger partial charge on any atom is -0.491 e. The summed E-state index contributed by atoms with van der Waals surface area (Å²) in [6.45, 7) is 8.36. The van der Waals surface area contributed by atoms with Crippen LogP contribution in [0.15, 0.2) is 59.5 Å². The van der Waals surface area contributed by atoms with Gasteiger partial charge in [-0.25, -0.2) is 8.42 Å². The summed E-state index contributed by atoms with van der Waals surface area (Å²) in [4.78, 5) is 12.4. The topological polar surface area (TPSA) is 75.7 Å². The predicted octanol–water partition coefficient (Wildman–Crippen LogP) is 4.16. The second kappa shape index (κ2) is 10.2. The number of benzene rings is 2. The molecule has 7 heteroatoms. The molecule has 0 saturated carbocycles. The van der Waals surface area contributed by atoms with Crippen molar-refractivity contribution < 1.29 is 17.9 Å². The number of carbonyl (C=O) groups is 1. The van der Waals surface area contributed by atoms with Gasteiger partial charge in [-0.3, -0.25) is 4.79 Å². The summed E-state index contributed by atoms with van der Waals surface area (Å²) in [6.07, 6.45) is 3.14. The van der Waals surface area contributed by atoms with Crippen LogP contribution in [0.5, 0.6) is 5.75 Å². The summed E-state index contributed by atoms with van der Waals surface area (Å²) >= 11 is 0. The highest BCUT2D eigenvalue weighted by molar-refractivity contribution is 7.89. The molecule has 6 nitrogen and oxygen atoms in total. The van der Waals surface area contributed by atoms with Crippen LogP contribution in [0, 0.1) is 0 Å². The Kier molecular flexibility index (Phi) is 7.99. The van der Waals surface area contributed by atoms with E-state index in [4.69, 9.17) is 4.74 Å². The standard InChI is InChI=1S/C22H28N2O4S/c1-5-24(6-2)29(26,27)21-14-7-18(8-15-21)9-16-22(25)23-19-10-12-20(13-11-19)28-17(3)4/h7-17H,5-6H2,1-4H3,(H,23,25). The summed E-state index contributed by atoms with van der Waals surface area (Å²) in [5.74, 6) is 0.468. The van der Waals surface area contributed by atoms with Crippen molar-refractivity contribution in [3.63, 3.8) is 0 Å². The lowest BCUT2D eigenvalue weighted by Crippen LogP contribution is -2.30. The monoisotopic (exact) mass is 416 g/mol. The fourth-order valence-corrected chi connectivity index (χ4v) is 4.17. The van der Waals surface area contributed by atoms with Crippen molar-refractivity contribution in [2.24, 2.45) is 0 Å². The van der Waals surface area contributed by atoms with E-state index in [1.165, 1.54) is 10.4 Å². The van der Waals surface area contributed by atoms with Crippen LogP contribution in [0.1, 0.15) is 33.3 Å². The largest absolute Gasteiger partial charge is 0.491 e. The van der Waals surface area contributed by atoms with E-state index in [-0.39, 0.29) is 16.9 Å². The highest BCUT2D eigenvalue weighted by atomic mass is 32.2. The van der Waals surface area contributed by atoms with Crippen molar-refractivity contribution in [2.45, 2.75) is 38.7 Å². The van der Waals surface area contributed by atoms with Gasteiger partial charge in [0, 0.05) is 24.9 Å². The van der Waals surface area contributed by atoms with E-state index >= 15 is 0 Å². The van der Waals surface area contributed by atoms with E-state index in [0.29, 0.717) is 18.8 Å². The number of carbonyl (C=O) groups excluding carboxylic acids is 1. The van der Waals surface area contributed by atoms with Crippen molar-refractivity contribution in [1.29, 1.82) is 0 Å². The van der Waals surface area contributed by atoms with Crippen molar-refractivity contribution in [3.05, 3.63) is 60.2 Å². The molecule has 0 fully saturated rings. The van der Waals surface area contributed by atoms with Gasteiger partial charge in [-0.05, 0) is 61.9 Å². The van der Waals surface area contributed by atoms with Crippen LogP contribution in [0.3, 0.4) is 0 Å². The third-order valence-corrected chi connectivity index (χ3v) is 6.21. The van der Waals surface area contributed by atoms with E-state index in [1.54, 1.807) is 54.6 Å². The highest BCUT2D eigenvalue weighted by Gasteiger charge is 2.20. The average molecular weight is 417 g/mol. The number of amides is 1. The zero-order chi connectivity index (χ0) is 21.4. The summed E-state index contributed by atoms with van der Waals surface area (Å²) in [6, 6.07) is 13.6. The average Bonchev–Trinajstić information content (AvgIpc) is 2.68. The molecule has 1 amide bonds. The lowest BCUT2D eigenvalue weighted by atomic mass is 10.2. The van der Waals surface area contributed by atoms with Crippen molar-refractivity contribution in [3.8, 4) is 5.75 Å². The molecular weight excluding hydrogens is 388 g/mol. The number of anilines is 1. The first-order valence-electron chi connectivity index (χ1n) is 9.62. The van der Waals surface area contributed by atoms with Gasteiger partial charge in [0.15, 0.2) is 0 Å². The van der Waals surface area contributed by atoms with Gasteiger partial charge >= 0.3 is 0 Å². The van der Waals surface area contributed by atoms with E-state index < -0.39 is 10.0 Å². The first kappa shape index (κ1) is 22.6. The molecule has 0 saturated heterocycles. The number of nitrogens with one attached hydrogen (secondary N) is 1. The lowest BCUT2D eigenvalue weighted by molar-refractivity contribution is -0.111. The smallest absolute Gasteiger partial charge is 0.248 e. The molecule has 0 unspecified atom stereocenters. The first-order chi connectivity index (χ1) is 13.8. The molecule has 0 atom stereocenters. The van der Waals surface area contributed by atoms with Crippen LogP contribution in [0.25, 0.3) is 6.08 Å². The van der Waals surface area contributed by atoms with Crippen LogP contribution in [-0.2, 0) is 14.8 Å². The predicted molar refractivity (Wildman–Crippen MR) is 116 cm³/mol. The second-order valence-electron chi connectivity index (χ2n) is 6.67. The molecule has 2 aromatic carbocycles. The molecule has 0 bridgehead atoms. The molecule has 0 aliphatic carbocycles. The fraction of sp³-hybridized carbons (Fsp3) is 0.318. The van der Waals surface area contributed by atoms with Gasteiger partial charge in [-0.2, -0.15) is 4.31 Å². The molecule has 2 aromatic rings.